The maximum absolute atomic E-state index is 12.4. The number of anilines is 1. The van der Waals surface area contributed by atoms with Crippen LogP contribution in [0.4, 0.5) is 28.4 Å². The van der Waals surface area contributed by atoms with Crippen molar-refractivity contribution in [3.8, 4) is 5.75 Å². The number of sulfone groups is 1. The van der Waals surface area contributed by atoms with Crippen LogP contribution in [0.15, 0.2) is 97.0 Å². The third kappa shape index (κ3) is 10.4. The molecule has 0 amide bonds. The average molecular weight is 730 g/mol. The summed E-state index contributed by atoms with van der Waals surface area (Å²) in [5.74, 6) is -1.19. The Bertz CT molecular complexity index is 2310. The number of fused-ring (bicyclic) bond motifs is 1. The zero-order chi connectivity index (χ0) is 35.2. The molecule has 0 fully saturated rings. The highest BCUT2D eigenvalue weighted by Gasteiger charge is 2.23. The Hall–Kier alpha value is -4.71. The van der Waals surface area contributed by atoms with Crippen molar-refractivity contribution in [3.63, 3.8) is 0 Å². The van der Waals surface area contributed by atoms with Crippen molar-refractivity contribution in [1.29, 1.82) is 0 Å². The van der Waals surface area contributed by atoms with Crippen LogP contribution in [0.3, 0.4) is 0 Å². The summed E-state index contributed by atoms with van der Waals surface area (Å²) in [6.07, 6.45) is 0. The number of phenolic OH excluding ortho intramolecular Hbond substituents is 1. The summed E-state index contributed by atoms with van der Waals surface area (Å²) in [6, 6.07) is 15.6. The van der Waals surface area contributed by atoms with E-state index in [4.69, 9.17) is 22.9 Å². The van der Waals surface area contributed by atoms with Gasteiger partial charge in [0.2, 0.25) is 0 Å². The summed E-state index contributed by atoms with van der Waals surface area (Å²) in [5, 5.41) is 26.9. The molecule has 0 heterocycles. The Kier molecular flexibility index (Phi) is 11.6. The van der Waals surface area contributed by atoms with Crippen LogP contribution in [0, 0.1) is 6.92 Å². The number of nitrogens with two attached hydrogens (primary N) is 1. The van der Waals surface area contributed by atoms with Gasteiger partial charge in [0.05, 0.1) is 39.7 Å². The summed E-state index contributed by atoms with van der Waals surface area (Å²) in [7, 11) is -16.8. The Morgan fingerprint density at radius 3 is 1.85 bits per heavy atom. The summed E-state index contributed by atoms with van der Waals surface area (Å²) in [4.78, 5) is -0.931. The second-order valence-corrected chi connectivity index (χ2v) is 14.1. The van der Waals surface area contributed by atoms with Crippen LogP contribution in [-0.4, -0.2) is 64.5 Å². The van der Waals surface area contributed by atoms with Gasteiger partial charge in [-0.2, -0.15) is 27.1 Å². The average Bonchev–Trinajstić information content (AvgIpc) is 2.95. The lowest BCUT2D eigenvalue weighted by atomic mass is 10.1. The fraction of sp³-hybridized carbons (Fsp3) is 0.120. The van der Waals surface area contributed by atoms with Crippen molar-refractivity contribution in [2.24, 2.45) is 20.5 Å². The standard InChI is InChI=1S/C25H23N5O10S3.O3S/c1-15-2-5-17(6-3-15)27-29-20-11-4-16-14-21(42(34,35)36)24(23(26)22(16)25(20)31)30-28-18-7-9-19(10-8-18)41(32,33)13-12-40-43(37,38)39;1-4(2)3/h2-11,14,31H,12-13,26H2,1H3,(H,34,35,36)(H,37,38,39);. The molecule has 0 aliphatic carbocycles. The van der Waals surface area contributed by atoms with Gasteiger partial charge in [0.25, 0.3) is 10.1 Å². The van der Waals surface area contributed by atoms with E-state index in [0.717, 1.165) is 23.8 Å². The fourth-order valence-electron chi connectivity index (χ4n) is 3.76. The number of nitrogens with zero attached hydrogens (tertiary/aromatic N) is 4. The van der Waals surface area contributed by atoms with Gasteiger partial charge in [-0.1, -0.05) is 23.8 Å². The van der Waals surface area contributed by atoms with E-state index in [1.54, 1.807) is 12.1 Å². The minimum atomic E-state index is -4.88. The quantitative estimate of drug-likeness (QED) is 0.101. The molecular formula is C25H23N5O13S4. The molecule has 0 saturated carbocycles. The molecule has 4 rings (SSSR count). The van der Waals surface area contributed by atoms with Crippen LogP contribution in [-0.2, 0) is 45.1 Å². The molecule has 0 bridgehead atoms. The lowest BCUT2D eigenvalue weighted by Crippen LogP contribution is -2.15. The molecule has 4 aromatic carbocycles. The number of hydrogen-bond donors (Lipinski definition) is 4. The largest absolute Gasteiger partial charge is 0.505 e. The summed E-state index contributed by atoms with van der Waals surface area (Å²) in [5.41, 5.74) is 6.95. The van der Waals surface area contributed by atoms with Gasteiger partial charge >= 0.3 is 21.0 Å². The smallest absolute Gasteiger partial charge is 0.425 e. The Labute approximate surface area is 269 Å². The number of hydrogen-bond acceptors (Lipinski definition) is 16. The first kappa shape index (κ1) is 36.8. The molecule has 0 atom stereocenters. The Morgan fingerprint density at radius 1 is 0.787 bits per heavy atom. The Balaban J connectivity index is 0.00000142. The molecule has 0 saturated heterocycles. The van der Waals surface area contributed by atoms with Gasteiger partial charge in [-0.25, -0.2) is 12.6 Å². The molecule has 0 unspecified atom stereocenters. The molecule has 0 aliphatic heterocycles. The second kappa shape index (κ2) is 14.8. The molecule has 47 heavy (non-hydrogen) atoms. The number of aryl methyl sites for hydroxylation is 1. The van der Waals surface area contributed by atoms with Crippen molar-refractivity contribution < 1.29 is 56.3 Å². The minimum Gasteiger partial charge on any atom is -0.505 e. The van der Waals surface area contributed by atoms with E-state index in [9.17, 15) is 34.9 Å². The van der Waals surface area contributed by atoms with E-state index in [1.807, 2.05) is 19.1 Å². The summed E-state index contributed by atoms with van der Waals surface area (Å²) in [6.45, 7) is 1.09. The van der Waals surface area contributed by atoms with Gasteiger partial charge in [0.1, 0.15) is 16.3 Å². The van der Waals surface area contributed by atoms with E-state index < -0.39 is 69.7 Å². The van der Waals surface area contributed by atoms with Gasteiger partial charge in [-0.3, -0.25) is 9.11 Å². The summed E-state index contributed by atoms with van der Waals surface area (Å²) < 4.78 is 118. The minimum absolute atomic E-state index is 0.0149. The highest BCUT2D eigenvalue weighted by Crippen LogP contribution is 2.45. The molecule has 0 aliphatic rings. The second-order valence-electron chi connectivity index (χ2n) is 9.15. The van der Waals surface area contributed by atoms with Gasteiger partial charge < -0.3 is 10.8 Å². The number of aromatic hydroxyl groups is 1. The normalized spacial score (nSPS) is 12.3. The molecule has 0 radical (unpaired) electrons. The highest BCUT2D eigenvalue weighted by atomic mass is 32.3. The molecule has 18 nitrogen and oxygen atoms in total. The maximum Gasteiger partial charge on any atom is 0.425 e. The van der Waals surface area contributed by atoms with E-state index >= 15 is 0 Å². The topological polar surface area (TPSA) is 299 Å². The predicted octanol–water partition coefficient (Wildman–Crippen LogP) is 4.10. The van der Waals surface area contributed by atoms with Gasteiger partial charge in [-0.15, -0.1) is 22.9 Å². The molecular weight excluding hydrogens is 707 g/mol. The van der Waals surface area contributed by atoms with Crippen molar-refractivity contribution in [1.82, 2.24) is 0 Å². The number of rotatable bonds is 10. The first-order valence-electron chi connectivity index (χ1n) is 12.5. The number of nitrogen functional groups attached to an aromatic ring is 1. The SMILES string of the molecule is Cc1ccc(N=Nc2ccc3cc(S(=O)(=O)O)c(N=Nc4ccc(S(=O)(=O)CCOS(=O)(=O)O)cc4)c(N)c3c2O)cc1.O=S(=O)=O. The first-order chi connectivity index (χ1) is 21.8. The number of benzene rings is 4. The van der Waals surface area contributed by atoms with Crippen LogP contribution in [0.5, 0.6) is 5.75 Å². The fourth-order valence-corrected chi connectivity index (χ4v) is 5.92. The molecule has 5 N–H and O–H groups in total. The Morgan fingerprint density at radius 2 is 1.32 bits per heavy atom. The van der Waals surface area contributed by atoms with Crippen LogP contribution >= 0.6 is 0 Å². The van der Waals surface area contributed by atoms with E-state index in [1.165, 1.54) is 24.3 Å². The van der Waals surface area contributed by atoms with Crippen LogP contribution in [0.2, 0.25) is 0 Å². The van der Waals surface area contributed by atoms with Gasteiger partial charge in [-0.05, 0) is 60.8 Å². The third-order valence-corrected chi connectivity index (χ3v) is 8.89. The predicted molar refractivity (Wildman–Crippen MR) is 165 cm³/mol. The van der Waals surface area contributed by atoms with Crippen molar-refractivity contribution in [2.45, 2.75) is 16.7 Å². The van der Waals surface area contributed by atoms with Crippen LogP contribution < -0.4 is 5.73 Å². The van der Waals surface area contributed by atoms with Crippen molar-refractivity contribution >= 4 is 80.2 Å². The third-order valence-electron chi connectivity index (χ3n) is 5.86. The van der Waals surface area contributed by atoms with E-state index in [0.29, 0.717) is 5.69 Å². The highest BCUT2D eigenvalue weighted by molar-refractivity contribution is 7.91. The molecule has 0 aromatic heterocycles. The number of phenols is 1. The molecule has 22 heteroatoms. The first-order valence-corrected chi connectivity index (χ1v) is 17.9. The van der Waals surface area contributed by atoms with E-state index in [-0.39, 0.29) is 32.7 Å². The summed E-state index contributed by atoms with van der Waals surface area (Å²) >= 11 is 0. The zero-order valence-corrected chi connectivity index (χ0v) is 27.0. The van der Waals surface area contributed by atoms with Crippen LogP contribution in [0.1, 0.15) is 5.56 Å². The maximum atomic E-state index is 12.4. The molecule has 250 valence electrons. The number of azo groups is 2. The van der Waals surface area contributed by atoms with Crippen molar-refractivity contribution in [3.05, 3.63) is 72.3 Å². The molecule has 0 spiro atoms. The van der Waals surface area contributed by atoms with Crippen molar-refractivity contribution in [2.75, 3.05) is 18.1 Å². The lowest BCUT2D eigenvalue weighted by Gasteiger charge is -2.12. The monoisotopic (exact) mass is 729 g/mol. The zero-order valence-electron chi connectivity index (χ0n) is 23.7. The van der Waals surface area contributed by atoms with Gasteiger partial charge in [0.15, 0.2) is 15.6 Å². The lowest BCUT2D eigenvalue weighted by molar-refractivity contribution is 0.284. The van der Waals surface area contributed by atoms with Crippen LogP contribution in [0.25, 0.3) is 10.8 Å². The van der Waals surface area contributed by atoms with E-state index in [2.05, 4.69) is 24.6 Å². The van der Waals surface area contributed by atoms with Gasteiger partial charge in [0, 0.05) is 0 Å². The molecule has 4 aromatic rings.